The molecule has 1 aromatic rings. The molecule has 1 aromatic carbocycles. The number of hydrogen-bond acceptors (Lipinski definition) is 3. The quantitative estimate of drug-likeness (QED) is 0.803. The maximum absolute atomic E-state index is 6.07. The van der Waals surface area contributed by atoms with E-state index in [4.69, 9.17) is 27.1 Å². The topological polar surface area (TPSA) is 44.5 Å². The predicted molar refractivity (Wildman–Crippen MR) is 59.1 cm³/mol. The summed E-state index contributed by atoms with van der Waals surface area (Å²) in [6.45, 7) is 0.518. The highest BCUT2D eigenvalue weighted by Crippen LogP contribution is 2.52. The summed E-state index contributed by atoms with van der Waals surface area (Å²) in [6, 6.07) is 5.77. The Balaban J connectivity index is 2.39. The van der Waals surface area contributed by atoms with Crippen LogP contribution in [0.4, 0.5) is 0 Å². The van der Waals surface area contributed by atoms with Gasteiger partial charge in [0.2, 0.25) is 0 Å². The van der Waals surface area contributed by atoms with E-state index >= 15 is 0 Å². The summed E-state index contributed by atoms with van der Waals surface area (Å²) in [5, 5.41) is 0.637. The Kier molecular flexibility index (Phi) is 2.87. The number of rotatable bonds is 4. The molecule has 0 radical (unpaired) electrons. The van der Waals surface area contributed by atoms with Gasteiger partial charge in [-0.15, -0.1) is 0 Å². The van der Waals surface area contributed by atoms with E-state index in [0.29, 0.717) is 11.6 Å². The third-order valence-corrected chi connectivity index (χ3v) is 3.25. The molecule has 0 saturated heterocycles. The minimum Gasteiger partial charge on any atom is -0.495 e. The van der Waals surface area contributed by atoms with Gasteiger partial charge >= 0.3 is 0 Å². The van der Waals surface area contributed by atoms with Crippen molar-refractivity contribution in [2.75, 3.05) is 13.7 Å². The lowest BCUT2D eigenvalue weighted by Gasteiger charge is -2.18. The molecule has 0 bridgehead atoms. The Hall–Kier alpha value is -0.770. The Labute approximate surface area is 94.1 Å². The number of halogens is 1. The van der Waals surface area contributed by atoms with Gasteiger partial charge in [0.1, 0.15) is 5.75 Å². The summed E-state index contributed by atoms with van der Waals surface area (Å²) in [6.07, 6.45) is 2.14. The highest BCUT2D eigenvalue weighted by atomic mass is 35.5. The number of para-hydroxylation sites is 1. The van der Waals surface area contributed by atoms with Gasteiger partial charge in [-0.25, -0.2) is 5.90 Å². The van der Waals surface area contributed by atoms with Gasteiger partial charge in [-0.3, -0.25) is 0 Å². The third-order valence-electron chi connectivity index (χ3n) is 2.96. The van der Waals surface area contributed by atoms with Crippen LogP contribution in [0.1, 0.15) is 18.4 Å². The third kappa shape index (κ3) is 1.83. The molecule has 1 aliphatic rings. The number of ether oxygens (including phenoxy) is 1. The van der Waals surface area contributed by atoms with Gasteiger partial charge in [0.25, 0.3) is 0 Å². The van der Waals surface area contributed by atoms with E-state index in [0.717, 1.165) is 24.2 Å². The first kappa shape index (κ1) is 10.7. The van der Waals surface area contributed by atoms with Crippen molar-refractivity contribution in [3.8, 4) is 5.75 Å². The summed E-state index contributed by atoms with van der Waals surface area (Å²) < 4.78 is 5.32. The average molecular weight is 228 g/mol. The van der Waals surface area contributed by atoms with Crippen LogP contribution in [0.2, 0.25) is 5.02 Å². The summed E-state index contributed by atoms with van der Waals surface area (Å²) in [7, 11) is 1.63. The minimum atomic E-state index is 0.0188. The van der Waals surface area contributed by atoms with Crippen LogP contribution in [0.3, 0.4) is 0 Å². The van der Waals surface area contributed by atoms with Crippen molar-refractivity contribution in [1.82, 2.24) is 0 Å². The highest BCUT2D eigenvalue weighted by Gasteiger charge is 2.46. The zero-order valence-electron chi connectivity index (χ0n) is 8.63. The molecule has 82 valence electrons. The molecular formula is C11H14ClNO2. The van der Waals surface area contributed by atoms with Crippen LogP contribution in [-0.4, -0.2) is 13.7 Å². The van der Waals surface area contributed by atoms with Crippen LogP contribution in [0, 0.1) is 0 Å². The molecule has 0 spiro atoms. The van der Waals surface area contributed by atoms with Crippen molar-refractivity contribution in [2.45, 2.75) is 18.3 Å². The summed E-state index contributed by atoms with van der Waals surface area (Å²) in [5.74, 6) is 5.89. The molecular weight excluding hydrogens is 214 g/mol. The smallest absolute Gasteiger partial charge is 0.141 e. The molecule has 0 amide bonds. The van der Waals surface area contributed by atoms with Crippen LogP contribution in [0.25, 0.3) is 0 Å². The molecule has 1 saturated carbocycles. The Morgan fingerprint density at radius 3 is 2.73 bits per heavy atom. The fraction of sp³-hybridized carbons (Fsp3) is 0.455. The van der Waals surface area contributed by atoms with Crippen LogP contribution in [0.15, 0.2) is 18.2 Å². The van der Waals surface area contributed by atoms with Crippen LogP contribution in [0.5, 0.6) is 5.75 Å². The number of methoxy groups -OCH3 is 1. The molecule has 4 heteroatoms. The molecule has 15 heavy (non-hydrogen) atoms. The fourth-order valence-corrected chi connectivity index (χ4v) is 2.19. The molecule has 0 atom stereocenters. The minimum absolute atomic E-state index is 0.0188. The van der Waals surface area contributed by atoms with E-state index in [1.165, 1.54) is 0 Å². The monoisotopic (exact) mass is 227 g/mol. The highest BCUT2D eigenvalue weighted by molar-refractivity contribution is 6.32. The van der Waals surface area contributed by atoms with Gasteiger partial charge < -0.3 is 9.57 Å². The van der Waals surface area contributed by atoms with Crippen molar-refractivity contribution in [1.29, 1.82) is 0 Å². The van der Waals surface area contributed by atoms with E-state index in [1.54, 1.807) is 7.11 Å². The van der Waals surface area contributed by atoms with Crippen molar-refractivity contribution in [2.24, 2.45) is 5.90 Å². The molecule has 2 N–H and O–H groups in total. The summed E-state index contributed by atoms with van der Waals surface area (Å²) in [4.78, 5) is 4.76. The van der Waals surface area contributed by atoms with Crippen LogP contribution < -0.4 is 10.6 Å². The van der Waals surface area contributed by atoms with Crippen LogP contribution >= 0.6 is 11.6 Å². The molecule has 0 aromatic heterocycles. The lowest BCUT2D eigenvalue weighted by molar-refractivity contribution is 0.115. The first-order valence-corrected chi connectivity index (χ1v) is 5.26. The number of nitrogens with two attached hydrogens (primary N) is 1. The molecule has 1 fully saturated rings. The second-order valence-corrected chi connectivity index (χ2v) is 4.32. The summed E-state index contributed by atoms with van der Waals surface area (Å²) >= 11 is 6.07. The van der Waals surface area contributed by atoms with E-state index in [9.17, 15) is 0 Å². The van der Waals surface area contributed by atoms with Crippen molar-refractivity contribution in [3.63, 3.8) is 0 Å². The standard InChI is InChI=1S/C11H14ClNO2/c1-14-10-8(3-2-4-9(10)12)11(5-6-11)7-15-13/h2-4H,5-7,13H2,1H3. The predicted octanol–water partition coefficient (Wildman–Crippen LogP) is 2.27. The fourth-order valence-electron chi connectivity index (χ4n) is 1.94. The second-order valence-electron chi connectivity index (χ2n) is 3.91. The lowest BCUT2D eigenvalue weighted by atomic mass is 9.96. The van der Waals surface area contributed by atoms with Gasteiger partial charge in [0.15, 0.2) is 0 Å². The zero-order valence-corrected chi connectivity index (χ0v) is 9.38. The lowest BCUT2D eigenvalue weighted by Crippen LogP contribution is -2.19. The molecule has 0 unspecified atom stereocenters. The summed E-state index contributed by atoms with van der Waals surface area (Å²) in [5.41, 5.74) is 1.12. The Morgan fingerprint density at radius 2 is 2.20 bits per heavy atom. The molecule has 2 rings (SSSR count). The van der Waals surface area contributed by atoms with E-state index in [1.807, 2.05) is 18.2 Å². The number of hydrogen-bond donors (Lipinski definition) is 1. The molecule has 3 nitrogen and oxygen atoms in total. The molecule has 0 heterocycles. The normalized spacial score (nSPS) is 17.5. The van der Waals surface area contributed by atoms with Gasteiger partial charge in [0, 0.05) is 11.0 Å². The first-order chi connectivity index (χ1) is 7.23. The second kappa shape index (κ2) is 4.00. The van der Waals surface area contributed by atoms with E-state index in [2.05, 4.69) is 0 Å². The van der Waals surface area contributed by atoms with Crippen molar-refractivity contribution < 1.29 is 9.57 Å². The van der Waals surface area contributed by atoms with Crippen molar-refractivity contribution >= 4 is 11.6 Å². The van der Waals surface area contributed by atoms with Gasteiger partial charge in [0.05, 0.1) is 18.7 Å². The maximum atomic E-state index is 6.07. The van der Waals surface area contributed by atoms with E-state index < -0.39 is 0 Å². The van der Waals surface area contributed by atoms with Gasteiger partial charge in [-0.1, -0.05) is 23.7 Å². The average Bonchev–Trinajstić information content (AvgIpc) is 2.99. The Morgan fingerprint density at radius 1 is 1.47 bits per heavy atom. The van der Waals surface area contributed by atoms with E-state index in [-0.39, 0.29) is 5.41 Å². The molecule has 0 aliphatic heterocycles. The Bertz CT molecular complexity index is 364. The van der Waals surface area contributed by atoms with Gasteiger partial charge in [-0.2, -0.15) is 0 Å². The molecule has 1 aliphatic carbocycles. The van der Waals surface area contributed by atoms with Gasteiger partial charge in [-0.05, 0) is 18.9 Å². The largest absolute Gasteiger partial charge is 0.495 e. The van der Waals surface area contributed by atoms with Crippen LogP contribution in [-0.2, 0) is 10.3 Å². The maximum Gasteiger partial charge on any atom is 0.141 e. The van der Waals surface area contributed by atoms with Crippen molar-refractivity contribution in [3.05, 3.63) is 28.8 Å². The number of benzene rings is 1. The zero-order chi connectivity index (χ0) is 10.9. The SMILES string of the molecule is COc1c(Cl)cccc1C1(CON)CC1. The first-order valence-electron chi connectivity index (χ1n) is 4.88.